The van der Waals surface area contributed by atoms with Crippen molar-refractivity contribution in [1.29, 1.82) is 0 Å². The Morgan fingerprint density at radius 3 is 3.05 bits per heavy atom. The third kappa shape index (κ3) is 1.55. The summed E-state index contributed by atoms with van der Waals surface area (Å²) in [6, 6.07) is 4.46. The summed E-state index contributed by atoms with van der Waals surface area (Å²) in [5, 5.41) is 12.0. The van der Waals surface area contributed by atoms with Gasteiger partial charge >= 0.3 is 0 Å². The average molecular weight is 260 g/mol. The summed E-state index contributed by atoms with van der Waals surface area (Å²) in [7, 11) is 1.63. The second kappa shape index (κ2) is 4.15. The van der Waals surface area contributed by atoms with Crippen LogP contribution in [0, 0.1) is 5.92 Å². The van der Waals surface area contributed by atoms with Gasteiger partial charge in [0.1, 0.15) is 0 Å². The van der Waals surface area contributed by atoms with Gasteiger partial charge in [0, 0.05) is 18.2 Å². The zero-order valence-corrected chi connectivity index (χ0v) is 11.3. The molecule has 1 aromatic heterocycles. The van der Waals surface area contributed by atoms with Crippen LogP contribution in [0.4, 0.5) is 0 Å². The summed E-state index contributed by atoms with van der Waals surface area (Å²) < 4.78 is 5.09. The largest absolute Gasteiger partial charge is 0.480 e. The molecule has 3 aliphatic heterocycles. The van der Waals surface area contributed by atoms with E-state index in [1.54, 1.807) is 7.11 Å². The molecule has 0 amide bonds. The van der Waals surface area contributed by atoms with Gasteiger partial charge in [0.25, 0.3) is 0 Å². The van der Waals surface area contributed by atoms with Crippen LogP contribution in [-0.2, 0) is 0 Å². The van der Waals surface area contributed by atoms with Crippen molar-refractivity contribution in [2.45, 2.75) is 30.8 Å². The van der Waals surface area contributed by atoms with Gasteiger partial charge in [-0.3, -0.25) is 4.90 Å². The van der Waals surface area contributed by atoms with Crippen LogP contribution in [0.2, 0.25) is 0 Å². The van der Waals surface area contributed by atoms with Crippen molar-refractivity contribution in [3.63, 3.8) is 0 Å². The second-order valence-corrected chi connectivity index (χ2v) is 5.96. The predicted molar refractivity (Wildman–Crippen MR) is 71.0 cm³/mol. The molecular weight excluding hydrogens is 240 g/mol. The molecule has 1 aromatic rings. The molecule has 3 aliphatic rings. The topological polar surface area (TPSA) is 50.3 Å². The predicted octanol–water partition coefficient (Wildman–Crippen LogP) is 0.984. The van der Waals surface area contributed by atoms with Crippen molar-refractivity contribution < 1.29 is 4.74 Å². The fraction of sp³-hybridized carbons (Fsp3) is 0.714. The lowest BCUT2D eigenvalue weighted by Gasteiger charge is -2.33. The maximum atomic E-state index is 5.09. The van der Waals surface area contributed by atoms with Crippen LogP contribution in [0.5, 0.6) is 5.88 Å². The summed E-state index contributed by atoms with van der Waals surface area (Å²) in [4.78, 5) is 2.69. The third-order valence-corrected chi connectivity index (χ3v) is 5.31. The SMILES string of the molecule is COc1ccc(C2CC3CCN2C32CCNC2)nn1. The van der Waals surface area contributed by atoms with Gasteiger partial charge in [-0.05, 0) is 44.3 Å². The molecule has 4 atom stereocenters. The zero-order chi connectivity index (χ0) is 12.9. The minimum Gasteiger partial charge on any atom is -0.480 e. The Labute approximate surface area is 113 Å². The van der Waals surface area contributed by atoms with Crippen LogP contribution in [0.15, 0.2) is 12.1 Å². The highest BCUT2D eigenvalue weighted by molar-refractivity contribution is 5.22. The van der Waals surface area contributed by atoms with Gasteiger partial charge in [-0.15, -0.1) is 5.10 Å². The van der Waals surface area contributed by atoms with E-state index in [9.17, 15) is 0 Å². The molecule has 3 saturated heterocycles. The molecule has 1 spiro atoms. The molecule has 0 radical (unpaired) electrons. The highest BCUT2D eigenvalue weighted by Crippen LogP contribution is 2.54. The van der Waals surface area contributed by atoms with E-state index in [1.807, 2.05) is 6.07 Å². The van der Waals surface area contributed by atoms with Crippen LogP contribution in [-0.4, -0.2) is 47.4 Å². The van der Waals surface area contributed by atoms with Gasteiger partial charge in [0.05, 0.1) is 18.8 Å². The second-order valence-electron chi connectivity index (χ2n) is 5.96. The van der Waals surface area contributed by atoms with Crippen LogP contribution in [0.1, 0.15) is 31.0 Å². The number of piperidine rings is 1. The van der Waals surface area contributed by atoms with Gasteiger partial charge in [0.15, 0.2) is 0 Å². The molecule has 0 aromatic carbocycles. The number of nitrogens with zero attached hydrogens (tertiary/aromatic N) is 3. The first-order chi connectivity index (χ1) is 9.33. The maximum Gasteiger partial charge on any atom is 0.233 e. The van der Waals surface area contributed by atoms with Crippen LogP contribution in [0.25, 0.3) is 0 Å². The molecule has 5 nitrogen and oxygen atoms in total. The van der Waals surface area contributed by atoms with Gasteiger partial charge in [0.2, 0.25) is 5.88 Å². The molecule has 3 fully saturated rings. The number of hydrogen-bond donors (Lipinski definition) is 1. The zero-order valence-electron chi connectivity index (χ0n) is 11.3. The van der Waals surface area contributed by atoms with Crippen molar-refractivity contribution in [2.24, 2.45) is 5.92 Å². The number of ether oxygens (including phenoxy) is 1. The summed E-state index contributed by atoms with van der Waals surface area (Å²) >= 11 is 0. The van der Waals surface area contributed by atoms with Gasteiger partial charge < -0.3 is 10.1 Å². The molecule has 0 saturated carbocycles. The Balaban J connectivity index is 1.63. The summed E-state index contributed by atoms with van der Waals surface area (Å²) in [6.45, 7) is 3.52. The number of aromatic nitrogens is 2. The van der Waals surface area contributed by atoms with Crippen molar-refractivity contribution in [3.8, 4) is 5.88 Å². The Bertz CT molecular complexity index is 469. The van der Waals surface area contributed by atoms with Gasteiger partial charge in [-0.1, -0.05) is 0 Å². The van der Waals surface area contributed by atoms with E-state index in [2.05, 4.69) is 26.5 Å². The molecule has 19 heavy (non-hydrogen) atoms. The highest BCUT2D eigenvalue weighted by Gasteiger charge is 2.58. The van der Waals surface area contributed by atoms with Crippen LogP contribution >= 0.6 is 0 Å². The van der Waals surface area contributed by atoms with Crippen LogP contribution in [0.3, 0.4) is 0 Å². The number of methoxy groups -OCH3 is 1. The van der Waals surface area contributed by atoms with E-state index in [1.165, 1.54) is 25.8 Å². The minimum atomic E-state index is 0.409. The number of rotatable bonds is 2. The Morgan fingerprint density at radius 1 is 1.42 bits per heavy atom. The Hall–Kier alpha value is -1.20. The van der Waals surface area contributed by atoms with E-state index in [0.29, 0.717) is 17.5 Å². The van der Waals surface area contributed by atoms with Crippen molar-refractivity contribution >= 4 is 0 Å². The molecule has 4 rings (SSSR count). The molecule has 5 heteroatoms. The fourth-order valence-corrected chi connectivity index (χ4v) is 4.41. The van der Waals surface area contributed by atoms with Crippen molar-refractivity contribution in [1.82, 2.24) is 20.4 Å². The third-order valence-electron chi connectivity index (χ3n) is 5.31. The number of nitrogens with one attached hydrogen (secondary N) is 1. The van der Waals surface area contributed by atoms with Crippen molar-refractivity contribution in [3.05, 3.63) is 17.8 Å². The average Bonchev–Trinajstić information content (AvgIpc) is 3.16. The summed E-state index contributed by atoms with van der Waals surface area (Å²) in [6.07, 6.45) is 3.88. The standard InChI is InChI=1S/C14H20N4O/c1-19-13-3-2-11(16-17-13)12-8-10-4-7-18(12)14(10)5-6-15-9-14/h2-3,10,12,15H,4-9H2,1H3. The molecule has 4 heterocycles. The lowest BCUT2D eigenvalue weighted by atomic mass is 9.84. The van der Waals surface area contributed by atoms with Crippen molar-refractivity contribution in [2.75, 3.05) is 26.7 Å². The minimum absolute atomic E-state index is 0.409. The van der Waals surface area contributed by atoms with Gasteiger partial charge in [-0.2, -0.15) is 5.10 Å². The first-order valence-electron chi connectivity index (χ1n) is 7.18. The smallest absolute Gasteiger partial charge is 0.233 e. The lowest BCUT2D eigenvalue weighted by molar-refractivity contribution is 0.144. The Kier molecular flexibility index (Phi) is 2.53. The van der Waals surface area contributed by atoms with Crippen LogP contribution < -0.4 is 10.1 Å². The quantitative estimate of drug-likeness (QED) is 0.859. The monoisotopic (exact) mass is 260 g/mol. The fourth-order valence-electron chi connectivity index (χ4n) is 4.41. The molecule has 0 aliphatic carbocycles. The number of hydrogen-bond acceptors (Lipinski definition) is 5. The molecule has 1 N–H and O–H groups in total. The van der Waals surface area contributed by atoms with E-state index in [0.717, 1.165) is 24.7 Å². The maximum absolute atomic E-state index is 5.09. The highest BCUT2D eigenvalue weighted by atomic mass is 16.5. The first kappa shape index (κ1) is 11.6. The van der Waals surface area contributed by atoms with E-state index >= 15 is 0 Å². The normalized spacial score (nSPS) is 40.2. The molecule has 2 bridgehead atoms. The first-order valence-corrected chi connectivity index (χ1v) is 7.18. The molecule has 102 valence electrons. The van der Waals surface area contributed by atoms with E-state index in [-0.39, 0.29) is 0 Å². The summed E-state index contributed by atoms with van der Waals surface area (Å²) in [5.74, 6) is 1.43. The Morgan fingerprint density at radius 2 is 2.37 bits per heavy atom. The molecular formula is C14H20N4O. The summed E-state index contributed by atoms with van der Waals surface area (Å²) in [5.41, 5.74) is 1.51. The van der Waals surface area contributed by atoms with Gasteiger partial charge in [-0.25, -0.2) is 0 Å². The molecule has 4 unspecified atom stereocenters. The van der Waals surface area contributed by atoms with E-state index in [4.69, 9.17) is 4.74 Å². The lowest BCUT2D eigenvalue weighted by Crippen LogP contribution is -2.44. The van der Waals surface area contributed by atoms with E-state index < -0.39 is 0 Å².